The Labute approximate surface area is 170 Å². The van der Waals surface area contributed by atoms with Crippen molar-refractivity contribution in [3.63, 3.8) is 0 Å². The van der Waals surface area contributed by atoms with Gasteiger partial charge < -0.3 is 10.4 Å². The Morgan fingerprint density at radius 1 is 1.28 bits per heavy atom. The highest BCUT2D eigenvalue weighted by Crippen LogP contribution is 2.57. The molecule has 1 saturated carbocycles. The van der Waals surface area contributed by atoms with Gasteiger partial charge in [-0.15, -0.1) is 0 Å². The molecule has 0 aliphatic heterocycles. The van der Waals surface area contributed by atoms with Gasteiger partial charge in [0.15, 0.2) is 5.78 Å². The van der Waals surface area contributed by atoms with Crippen molar-refractivity contribution in [1.29, 1.82) is 0 Å². The number of rotatable bonds is 2. The van der Waals surface area contributed by atoms with Crippen LogP contribution < -0.4 is 5.32 Å². The Balaban J connectivity index is 1.76. The lowest BCUT2D eigenvalue weighted by atomic mass is 9.50. The van der Waals surface area contributed by atoms with Crippen LogP contribution >= 0.6 is 0 Å². The highest BCUT2D eigenvalue weighted by atomic mass is 16.2. The summed E-state index contributed by atoms with van der Waals surface area (Å²) in [6.07, 6.45) is 3.00. The van der Waals surface area contributed by atoms with E-state index in [-0.39, 0.29) is 23.0 Å². The van der Waals surface area contributed by atoms with E-state index in [0.717, 1.165) is 30.4 Å². The maximum atomic E-state index is 12.9. The molecule has 6 heteroatoms. The number of carbonyl (C=O) groups is 2. The smallest absolute Gasteiger partial charge is 0.256 e. The van der Waals surface area contributed by atoms with E-state index in [4.69, 9.17) is 5.10 Å². The number of hydrogen-bond donors (Lipinski definition) is 2. The van der Waals surface area contributed by atoms with Gasteiger partial charge in [-0.2, -0.15) is 5.10 Å². The molecule has 0 spiro atoms. The highest BCUT2D eigenvalue weighted by Gasteiger charge is 2.57. The third kappa shape index (κ3) is 2.81. The molecule has 0 saturated heterocycles. The molecule has 2 N–H and O–H groups in total. The second-order valence-corrected chi connectivity index (χ2v) is 9.01. The third-order valence-electron chi connectivity index (χ3n) is 6.87. The first-order valence-electron chi connectivity index (χ1n) is 10.0. The van der Waals surface area contributed by atoms with E-state index < -0.39 is 5.41 Å². The second kappa shape index (κ2) is 6.58. The van der Waals surface area contributed by atoms with Crippen molar-refractivity contribution in [2.75, 3.05) is 5.32 Å². The number of allylic oxidation sites excluding steroid dienone is 1. The lowest BCUT2D eigenvalue weighted by Gasteiger charge is -2.52. The van der Waals surface area contributed by atoms with Crippen LogP contribution in [0.1, 0.15) is 55.2 Å². The van der Waals surface area contributed by atoms with Crippen molar-refractivity contribution < 1.29 is 14.7 Å². The fourth-order valence-electron chi connectivity index (χ4n) is 5.48. The number of carbonyl (C=O) groups excluding carboxylic acids is 2. The van der Waals surface area contributed by atoms with Gasteiger partial charge in [-0.1, -0.05) is 39.0 Å². The van der Waals surface area contributed by atoms with Crippen molar-refractivity contribution in [3.05, 3.63) is 59.0 Å². The van der Waals surface area contributed by atoms with Gasteiger partial charge in [0, 0.05) is 34.6 Å². The minimum absolute atomic E-state index is 0.0134. The van der Waals surface area contributed by atoms with E-state index in [1.54, 1.807) is 16.8 Å². The molecule has 2 aromatic rings. The van der Waals surface area contributed by atoms with Crippen LogP contribution in [0, 0.1) is 11.3 Å². The number of benzene rings is 1. The van der Waals surface area contributed by atoms with Crippen LogP contribution in [-0.4, -0.2) is 26.6 Å². The lowest BCUT2D eigenvalue weighted by Crippen LogP contribution is -2.53. The second-order valence-electron chi connectivity index (χ2n) is 9.01. The molecule has 1 fully saturated rings. The topological polar surface area (TPSA) is 84.2 Å². The molecule has 1 aromatic heterocycles. The summed E-state index contributed by atoms with van der Waals surface area (Å²) in [4.78, 5) is 25.6. The molecule has 2 atom stereocenters. The number of aromatic nitrogens is 2. The quantitative estimate of drug-likeness (QED) is 0.598. The van der Waals surface area contributed by atoms with E-state index >= 15 is 0 Å². The Morgan fingerprint density at radius 2 is 1.97 bits per heavy atom. The van der Waals surface area contributed by atoms with Gasteiger partial charge in [0.2, 0.25) is 0 Å². The van der Waals surface area contributed by atoms with Crippen LogP contribution in [0.2, 0.25) is 0 Å². The van der Waals surface area contributed by atoms with Crippen molar-refractivity contribution in [2.45, 2.75) is 45.4 Å². The standard InChI is InChI=1S/C23H27N3O3/c1-22(2)17-11-10-16-18(23(17,3)12-15(13-27)19(22)28)25-26(4)20(16)24-21(29)14-8-6-5-7-9-14/h5-9,13,17,27H,10-12H2,1-4H3,(H,24,29)/b15-13-/t17-,23-/m0/s1. The van der Waals surface area contributed by atoms with E-state index in [1.807, 2.05) is 39.1 Å². The number of aliphatic hydroxyl groups is 1. The zero-order valence-corrected chi connectivity index (χ0v) is 17.3. The van der Waals surface area contributed by atoms with Gasteiger partial charge in [-0.25, -0.2) is 0 Å². The van der Waals surface area contributed by atoms with Crippen molar-refractivity contribution in [3.8, 4) is 0 Å². The molecule has 1 amide bonds. The Bertz CT molecular complexity index is 1020. The number of aryl methyl sites for hydroxylation is 1. The predicted molar refractivity (Wildman–Crippen MR) is 111 cm³/mol. The summed E-state index contributed by atoms with van der Waals surface area (Å²) in [5, 5.41) is 17.5. The predicted octanol–water partition coefficient (Wildman–Crippen LogP) is 3.93. The number of nitrogens with zero attached hydrogens (tertiary/aromatic N) is 2. The average Bonchev–Trinajstić information content (AvgIpc) is 3.02. The maximum absolute atomic E-state index is 12.9. The Kier molecular flexibility index (Phi) is 4.41. The number of aliphatic hydroxyl groups excluding tert-OH is 1. The van der Waals surface area contributed by atoms with Crippen LogP contribution in [-0.2, 0) is 23.7 Å². The van der Waals surface area contributed by atoms with Gasteiger partial charge in [0.25, 0.3) is 5.91 Å². The average molecular weight is 393 g/mol. The number of nitrogens with one attached hydrogen (secondary N) is 1. The van der Waals surface area contributed by atoms with Gasteiger partial charge in [0.1, 0.15) is 5.82 Å². The number of ketones is 1. The van der Waals surface area contributed by atoms with E-state index in [9.17, 15) is 14.7 Å². The summed E-state index contributed by atoms with van der Waals surface area (Å²) in [5.41, 5.74) is 2.02. The summed E-state index contributed by atoms with van der Waals surface area (Å²) in [6, 6.07) is 9.11. The molecule has 0 unspecified atom stereocenters. The van der Waals surface area contributed by atoms with Crippen molar-refractivity contribution >= 4 is 17.5 Å². The zero-order valence-electron chi connectivity index (χ0n) is 17.3. The molecule has 0 bridgehead atoms. The Morgan fingerprint density at radius 3 is 2.62 bits per heavy atom. The molecule has 4 rings (SSSR count). The van der Waals surface area contributed by atoms with Gasteiger partial charge in [0.05, 0.1) is 12.0 Å². The first-order valence-corrected chi connectivity index (χ1v) is 10.0. The van der Waals surface area contributed by atoms with Crippen molar-refractivity contribution in [1.82, 2.24) is 9.78 Å². The number of anilines is 1. The molecule has 2 aliphatic carbocycles. The van der Waals surface area contributed by atoms with Crippen LogP contribution in [0.5, 0.6) is 0 Å². The SMILES string of the molecule is Cn1nc2c(c1NC(=O)c1ccccc1)CC[C@H]1C(C)(C)C(=O)/C(=C\O)C[C@]21C. The van der Waals surface area contributed by atoms with Crippen molar-refractivity contribution in [2.24, 2.45) is 18.4 Å². The van der Waals surface area contributed by atoms with Gasteiger partial charge in [-0.05, 0) is 37.3 Å². The minimum atomic E-state index is -0.579. The van der Waals surface area contributed by atoms with Crippen LogP contribution in [0.3, 0.4) is 0 Å². The van der Waals surface area contributed by atoms with Crippen LogP contribution in [0.15, 0.2) is 42.2 Å². The van der Waals surface area contributed by atoms with Crippen LogP contribution in [0.25, 0.3) is 0 Å². The monoisotopic (exact) mass is 393 g/mol. The Hall–Kier alpha value is -2.89. The summed E-state index contributed by atoms with van der Waals surface area (Å²) in [5.74, 6) is 0.669. The number of amides is 1. The molecule has 0 radical (unpaired) electrons. The number of hydrogen-bond acceptors (Lipinski definition) is 4. The minimum Gasteiger partial charge on any atom is -0.515 e. The molecule has 2 aliphatic rings. The highest BCUT2D eigenvalue weighted by molar-refractivity contribution is 6.04. The summed E-state index contributed by atoms with van der Waals surface area (Å²) >= 11 is 0. The molecular weight excluding hydrogens is 366 g/mol. The molecule has 1 heterocycles. The third-order valence-corrected chi connectivity index (χ3v) is 6.87. The maximum Gasteiger partial charge on any atom is 0.256 e. The summed E-state index contributed by atoms with van der Waals surface area (Å²) in [6.45, 7) is 6.06. The molecule has 6 nitrogen and oxygen atoms in total. The zero-order chi connectivity index (χ0) is 21.0. The lowest BCUT2D eigenvalue weighted by molar-refractivity contribution is -0.131. The summed E-state index contributed by atoms with van der Waals surface area (Å²) in [7, 11) is 1.83. The number of fused-ring (bicyclic) bond motifs is 3. The first kappa shape index (κ1) is 19.4. The largest absolute Gasteiger partial charge is 0.515 e. The fraction of sp³-hybridized carbons (Fsp3) is 0.435. The molecular formula is C23H27N3O3. The fourth-order valence-corrected chi connectivity index (χ4v) is 5.48. The first-order chi connectivity index (χ1) is 13.7. The van der Waals surface area contributed by atoms with Crippen LogP contribution in [0.4, 0.5) is 5.82 Å². The molecule has 29 heavy (non-hydrogen) atoms. The van der Waals surface area contributed by atoms with Gasteiger partial charge >= 0.3 is 0 Å². The number of Topliss-reactive ketones (excluding diaryl/α,β-unsaturated/α-hetero) is 1. The molecule has 1 aromatic carbocycles. The molecule has 152 valence electrons. The summed E-state index contributed by atoms with van der Waals surface area (Å²) < 4.78 is 1.73. The van der Waals surface area contributed by atoms with Gasteiger partial charge in [-0.3, -0.25) is 14.3 Å². The van der Waals surface area contributed by atoms with E-state index in [0.29, 0.717) is 23.4 Å². The van der Waals surface area contributed by atoms with E-state index in [2.05, 4.69) is 12.2 Å². The van der Waals surface area contributed by atoms with E-state index in [1.165, 1.54) is 0 Å². The normalized spacial score (nSPS) is 26.7.